The Morgan fingerprint density at radius 3 is 2.11 bits per heavy atom. The summed E-state index contributed by atoms with van der Waals surface area (Å²) < 4.78 is 85.0. The Labute approximate surface area is 210 Å². The van der Waals surface area contributed by atoms with Crippen molar-refractivity contribution in [2.45, 2.75) is 32.7 Å². The molecule has 4 nitrogen and oxygen atoms in total. The van der Waals surface area contributed by atoms with Crippen LogP contribution in [0.15, 0.2) is 61.3 Å². The van der Waals surface area contributed by atoms with Crippen LogP contribution < -0.4 is 0 Å². The first kappa shape index (κ1) is 27.8. The predicted molar refractivity (Wildman–Crippen MR) is 127 cm³/mol. The summed E-state index contributed by atoms with van der Waals surface area (Å²) in [7, 11) is 1.30. The van der Waals surface area contributed by atoms with Crippen molar-refractivity contribution in [2.24, 2.45) is 0 Å². The van der Waals surface area contributed by atoms with E-state index in [1.54, 1.807) is 25.1 Å². The lowest BCUT2D eigenvalue weighted by atomic mass is 9.95. The van der Waals surface area contributed by atoms with E-state index in [9.17, 15) is 31.1 Å². The quantitative estimate of drug-likeness (QED) is 0.240. The number of amides is 1. The highest BCUT2D eigenvalue weighted by molar-refractivity contribution is 6.01. The van der Waals surface area contributed by atoms with Crippen LogP contribution in [0, 0.1) is 6.92 Å². The number of benzene rings is 2. The number of halogens is 6. The minimum absolute atomic E-state index is 0.0511. The van der Waals surface area contributed by atoms with E-state index >= 15 is 0 Å². The summed E-state index contributed by atoms with van der Waals surface area (Å²) in [6.07, 6.45) is -8.67. The number of carbonyl (C=O) groups is 1. The lowest BCUT2D eigenvalue weighted by Gasteiger charge is -2.22. The molecule has 3 rings (SSSR count). The Balaban J connectivity index is 2.04. The molecule has 0 spiro atoms. The van der Waals surface area contributed by atoms with Gasteiger partial charge in [0, 0.05) is 19.8 Å². The van der Waals surface area contributed by atoms with E-state index in [2.05, 4.69) is 11.6 Å². The Morgan fingerprint density at radius 1 is 0.973 bits per heavy atom. The van der Waals surface area contributed by atoms with Gasteiger partial charge in [-0.15, -0.1) is 0 Å². The van der Waals surface area contributed by atoms with Crippen LogP contribution in [0.2, 0.25) is 0 Å². The maximum atomic E-state index is 13.4. The molecule has 0 aliphatic heterocycles. The summed E-state index contributed by atoms with van der Waals surface area (Å²) in [5, 5.41) is 0. The van der Waals surface area contributed by atoms with Gasteiger partial charge in [0.25, 0.3) is 5.91 Å². The maximum absolute atomic E-state index is 13.4. The first-order chi connectivity index (χ1) is 17.2. The number of alkyl halides is 6. The van der Waals surface area contributed by atoms with Crippen molar-refractivity contribution in [3.63, 3.8) is 0 Å². The fraction of sp³-hybridized carbons (Fsp3) is 0.259. The molecule has 0 N–H and O–H groups in total. The Bertz CT molecular complexity index is 1280. The van der Waals surface area contributed by atoms with Gasteiger partial charge in [0.05, 0.1) is 23.3 Å². The maximum Gasteiger partial charge on any atom is 0.416 e. The zero-order chi connectivity index (χ0) is 27.5. The molecule has 0 unspecified atom stereocenters. The van der Waals surface area contributed by atoms with Crippen molar-refractivity contribution in [3.05, 3.63) is 94.8 Å². The summed E-state index contributed by atoms with van der Waals surface area (Å²) in [4.78, 5) is 18.7. The molecule has 3 aromatic rings. The number of rotatable bonds is 7. The standard InChI is InChI=1S/C27H24F6N2O2/c1-5-37-17(3)24-13-22(21-9-7-6-8-16(21)2)23(14-34-24)25(36)35(4)15-18-10-19(26(28,29)30)12-20(11-18)27(31,32)33/h6-14H,3,5,15H2,1-2,4H3. The third-order valence-electron chi connectivity index (χ3n) is 5.59. The van der Waals surface area contributed by atoms with E-state index in [1.165, 1.54) is 13.2 Å². The number of ether oxygens (including phenoxy) is 1. The third-order valence-corrected chi connectivity index (χ3v) is 5.59. The van der Waals surface area contributed by atoms with Gasteiger partial charge in [-0.05, 0) is 60.4 Å². The van der Waals surface area contributed by atoms with Crippen molar-refractivity contribution < 1.29 is 35.9 Å². The second kappa shape index (κ2) is 10.7. The number of pyridine rings is 1. The average molecular weight is 522 g/mol. The summed E-state index contributed by atoms with van der Waals surface area (Å²) in [5.41, 5.74) is -0.694. The minimum Gasteiger partial charge on any atom is -0.492 e. The van der Waals surface area contributed by atoms with E-state index in [0.29, 0.717) is 35.6 Å². The molecule has 0 saturated carbocycles. The van der Waals surface area contributed by atoms with E-state index in [0.717, 1.165) is 10.5 Å². The molecule has 0 radical (unpaired) electrons. The first-order valence-corrected chi connectivity index (χ1v) is 11.1. The van der Waals surface area contributed by atoms with Crippen molar-refractivity contribution in [2.75, 3.05) is 13.7 Å². The van der Waals surface area contributed by atoms with E-state index in [4.69, 9.17) is 4.74 Å². The third kappa shape index (κ3) is 6.49. The highest BCUT2D eigenvalue weighted by Crippen LogP contribution is 2.37. The SMILES string of the molecule is C=C(OCC)c1cc(-c2ccccc2C)c(C(=O)N(C)Cc2cc(C(F)(F)F)cc(C(F)(F)F)c2)cn1. The fourth-order valence-electron chi connectivity index (χ4n) is 3.79. The van der Waals surface area contributed by atoms with Crippen LogP contribution in [-0.2, 0) is 23.6 Å². The number of carbonyl (C=O) groups excluding carboxylic acids is 1. The van der Waals surface area contributed by atoms with Crippen LogP contribution in [0.4, 0.5) is 26.3 Å². The van der Waals surface area contributed by atoms with Crippen LogP contribution >= 0.6 is 0 Å². The average Bonchev–Trinajstić information content (AvgIpc) is 2.82. The Kier molecular flexibility index (Phi) is 8.00. The lowest BCUT2D eigenvalue weighted by molar-refractivity contribution is -0.143. The molecule has 2 aromatic carbocycles. The molecule has 1 amide bonds. The molecule has 1 heterocycles. The molecular formula is C27H24F6N2O2. The smallest absolute Gasteiger partial charge is 0.416 e. The van der Waals surface area contributed by atoms with Gasteiger partial charge in [-0.3, -0.25) is 9.78 Å². The molecule has 37 heavy (non-hydrogen) atoms. The number of aromatic nitrogens is 1. The second-order valence-electron chi connectivity index (χ2n) is 8.36. The highest BCUT2D eigenvalue weighted by atomic mass is 19.4. The molecule has 0 aliphatic carbocycles. The number of aryl methyl sites for hydroxylation is 1. The molecule has 10 heteroatoms. The van der Waals surface area contributed by atoms with E-state index in [-0.39, 0.29) is 23.0 Å². The Hall–Kier alpha value is -3.82. The number of nitrogens with zero attached hydrogens (tertiary/aromatic N) is 2. The monoisotopic (exact) mass is 522 g/mol. The van der Waals surface area contributed by atoms with Crippen molar-refractivity contribution in [1.29, 1.82) is 0 Å². The van der Waals surface area contributed by atoms with Crippen molar-refractivity contribution in [3.8, 4) is 11.1 Å². The molecule has 0 saturated heterocycles. The molecule has 0 bridgehead atoms. The van der Waals surface area contributed by atoms with Gasteiger partial charge in [-0.1, -0.05) is 30.8 Å². The molecule has 0 atom stereocenters. The van der Waals surface area contributed by atoms with Crippen LogP contribution in [0.5, 0.6) is 0 Å². The summed E-state index contributed by atoms with van der Waals surface area (Å²) in [6, 6.07) is 10.1. The molecular weight excluding hydrogens is 498 g/mol. The minimum atomic E-state index is -4.99. The van der Waals surface area contributed by atoms with Crippen LogP contribution in [-0.4, -0.2) is 29.4 Å². The van der Waals surface area contributed by atoms with Crippen LogP contribution in [0.25, 0.3) is 16.9 Å². The lowest BCUT2D eigenvalue weighted by Crippen LogP contribution is -2.27. The highest BCUT2D eigenvalue weighted by Gasteiger charge is 2.37. The van der Waals surface area contributed by atoms with Gasteiger partial charge in [-0.25, -0.2) is 0 Å². The molecule has 196 valence electrons. The molecule has 0 fully saturated rings. The Morgan fingerprint density at radius 2 is 1.57 bits per heavy atom. The first-order valence-electron chi connectivity index (χ1n) is 11.1. The van der Waals surface area contributed by atoms with Crippen molar-refractivity contribution >= 4 is 11.7 Å². The van der Waals surface area contributed by atoms with Gasteiger partial charge in [0.2, 0.25) is 0 Å². The van der Waals surface area contributed by atoms with Gasteiger partial charge in [-0.2, -0.15) is 26.3 Å². The topological polar surface area (TPSA) is 42.4 Å². The predicted octanol–water partition coefficient (Wildman–Crippen LogP) is 7.37. The normalized spacial score (nSPS) is 11.8. The van der Waals surface area contributed by atoms with E-state index in [1.807, 2.05) is 19.1 Å². The van der Waals surface area contributed by atoms with Gasteiger partial charge in [0.15, 0.2) is 0 Å². The fourth-order valence-corrected chi connectivity index (χ4v) is 3.79. The summed E-state index contributed by atoms with van der Waals surface area (Å²) >= 11 is 0. The van der Waals surface area contributed by atoms with Gasteiger partial charge < -0.3 is 9.64 Å². The second-order valence-corrected chi connectivity index (χ2v) is 8.36. The van der Waals surface area contributed by atoms with Crippen LogP contribution in [0.3, 0.4) is 0 Å². The van der Waals surface area contributed by atoms with Crippen molar-refractivity contribution in [1.82, 2.24) is 9.88 Å². The molecule has 1 aromatic heterocycles. The van der Waals surface area contributed by atoms with Crippen LogP contribution in [0.1, 0.15) is 45.2 Å². The number of hydrogen-bond donors (Lipinski definition) is 0. The zero-order valence-corrected chi connectivity index (χ0v) is 20.3. The van der Waals surface area contributed by atoms with Gasteiger partial charge >= 0.3 is 12.4 Å². The van der Waals surface area contributed by atoms with E-state index < -0.39 is 35.9 Å². The summed E-state index contributed by atoms with van der Waals surface area (Å²) in [6.45, 7) is 7.30. The van der Waals surface area contributed by atoms with Gasteiger partial charge in [0.1, 0.15) is 11.5 Å². The zero-order valence-electron chi connectivity index (χ0n) is 20.3. The molecule has 0 aliphatic rings. The largest absolute Gasteiger partial charge is 0.492 e. The summed E-state index contributed by atoms with van der Waals surface area (Å²) in [5.74, 6) is -0.348. The number of hydrogen-bond acceptors (Lipinski definition) is 3.